The van der Waals surface area contributed by atoms with E-state index in [2.05, 4.69) is 23.2 Å². The average molecular weight is 382 g/mol. The van der Waals surface area contributed by atoms with E-state index in [0.29, 0.717) is 6.54 Å². The largest absolute Gasteiger partial charge is 0.497 e. The number of aryl methyl sites for hydroxylation is 1. The Hall–Kier alpha value is -2.53. The number of nitrogens with one attached hydrogen (secondary N) is 1. The van der Waals surface area contributed by atoms with E-state index in [0.717, 1.165) is 55.0 Å². The molecule has 1 saturated heterocycles. The maximum absolute atomic E-state index is 13.2. The van der Waals surface area contributed by atoms with Crippen LogP contribution >= 0.6 is 0 Å². The van der Waals surface area contributed by atoms with Crippen LogP contribution in [0.5, 0.6) is 5.75 Å². The highest BCUT2D eigenvalue weighted by Crippen LogP contribution is 2.23. The molecule has 1 aliphatic rings. The van der Waals surface area contributed by atoms with Crippen molar-refractivity contribution < 1.29 is 9.53 Å². The number of nitrogens with zero attached hydrogens (tertiary/aromatic N) is 2. The van der Waals surface area contributed by atoms with Crippen LogP contribution in [0.4, 0.5) is 10.5 Å². The lowest BCUT2D eigenvalue weighted by Gasteiger charge is -2.38. The topological polar surface area (TPSA) is 44.8 Å². The molecule has 1 heterocycles. The molecule has 0 aromatic heterocycles. The van der Waals surface area contributed by atoms with Gasteiger partial charge in [0.05, 0.1) is 7.11 Å². The van der Waals surface area contributed by atoms with Crippen LogP contribution in [-0.2, 0) is 6.54 Å². The fraction of sp³-hybridized carbons (Fsp3) is 0.435. The molecule has 2 amide bonds. The van der Waals surface area contributed by atoms with Gasteiger partial charge in [-0.3, -0.25) is 0 Å². The summed E-state index contributed by atoms with van der Waals surface area (Å²) >= 11 is 0. The maximum atomic E-state index is 13.2. The van der Waals surface area contributed by atoms with E-state index in [4.69, 9.17) is 4.74 Å². The number of rotatable bonds is 6. The number of ether oxygens (including phenoxy) is 1. The van der Waals surface area contributed by atoms with E-state index in [-0.39, 0.29) is 12.1 Å². The molecule has 0 spiro atoms. The van der Waals surface area contributed by atoms with E-state index in [1.54, 1.807) is 7.11 Å². The van der Waals surface area contributed by atoms with Gasteiger partial charge in [-0.1, -0.05) is 37.3 Å². The second kappa shape index (κ2) is 9.60. The van der Waals surface area contributed by atoms with E-state index in [9.17, 15) is 4.79 Å². The quantitative estimate of drug-likeness (QED) is 0.800. The molecule has 0 saturated carbocycles. The van der Waals surface area contributed by atoms with Crippen molar-refractivity contribution in [1.82, 2.24) is 9.80 Å². The molecule has 0 aliphatic carbocycles. The minimum atomic E-state index is -0.0351. The van der Waals surface area contributed by atoms with Crippen LogP contribution in [0.25, 0.3) is 0 Å². The zero-order valence-corrected chi connectivity index (χ0v) is 17.1. The van der Waals surface area contributed by atoms with Crippen molar-refractivity contribution in [2.45, 2.75) is 39.3 Å². The summed E-state index contributed by atoms with van der Waals surface area (Å²) in [6, 6.07) is 16.1. The van der Waals surface area contributed by atoms with Crippen LogP contribution in [0.1, 0.15) is 30.9 Å². The predicted octanol–water partition coefficient (Wildman–Crippen LogP) is 4.52. The molecular formula is C23H31N3O2. The number of hydrogen-bond donors (Lipinski definition) is 1. The highest BCUT2D eigenvalue weighted by Gasteiger charge is 2.28. The van der Waals surface area contributed by atoms with Gasteiger partial charge in [-0.2, -0.15) is 0 Å². The molecule has 5 heteroatoms. The molecule has 1 aliphatic heterocycles. The summed E-state index contributed by atoms with van der Waals surface area (Å²) in [5.74, 6) is 0.817. The summed E-state index contributed by atoms with van der Waals surface area (Å²) in [7, 11) is 1.67. The van der Waals surface area contributed by atoms with Gasteiger partial charge in [0.25, 0.3) is 0 Å². The van der Waals surface area contributed by atoms with Gasteiger partial charge in [0.1, 0.15) is 5.75 Å². The number of carbonyl (C=O) groups is 1. The summed E-state index contributed by atoms with van der Waals surface area (Å²) in [5, 5.41) is 3.12. The van der Waals surface area contributed by atoms with Crippen molar-refractivity contribution in [3.8, 4) is 5.75 Å². The van der Waals surface area contributed by atoms with Crippen molar-refractivity contribution in [3.63, 3.8) is 0 Å². The first-order chi connectivity index (χ1) is 13.6. The molecule has 28 heavy (non-hydrogen) atoms. The van der Waals surface area contributed by atoms with E-state index in [1.807, 2.05) is 54.3 Å². The molecule has 0 bridgehead atoms. The summed E-state index contributed by atoms with van der Waals surface area (Å²) < 4.78 is 5.36. The molecular weight excluding hydrogens is 350 g/mol. The molecule has 3 rings (SSSR count). The number of hydrogen-bond acceptors (Lipinski definition) is 3. The zero-order chi connectivity index (χ0) is 19.9. The predicted molar refractivity (Wildman–Crippen MR) is 114 cm³/mol. The number of likely N-dealkylation sites (tertiary alicyclic amines) is 1. The first kappa shape index (κ1) is 20.2. The van der Waals surface area contributed by atoms with E-state index in [1.165, 1.54) is 0 Å². The van der Waals surface area contributed by atoms with Crippen LogP contribution in [0.3, 0.4) is 0 Å². The van der Waals surface area contributed by atoms with Crippen LogP contribution in [0.2, 0.25) is 0 Å². The van der Waals surface area contributed by atoms with Gasteiger partial charge in [-0.25, -0.2) is 4.79 Å². The third-order valence-electron chi connectivity index (χ3n) is 5.58. The molecule has 1 N–H and O–H groups in total. The third kappa shape index (κ3) is 5.04. The van der Waals surface area contributed by atoms with Crippen LogP contribution in [0, 0.1) is 6.92 Å². The van der Waals surface area contributed by atoms with Crippen molar-refractivity contribution >= 4 is 11.7 Å². The zero-order valence-electron chi connectivity index (χ0n) is 17.1. The lowest BCUT2D eigenvalue weighted by atomic mass is 10.0. The molecule has 2 aromatic carbocycles. The monoisotopic (exact) mass is 381 g/mol. The van der Waals surface area contributed by atoms with Crippen molar-refractivity contribution in [2.75, 3.05) is 32.1 Å². The third-order valence-corrected chi connectivity index (χ3v) is 5.58. The first-order valence-corrected chi connectivity index (χ1v) is 10.1. The number of carbonyl (C=O) groups excluding carboxylic acids is 1. The van der Waals surface area contributed by atoms with Gasteiger partial charge in [0.2, 0.25) is 0 Å². The Balaban J connectivity index is 1.79. The van der Waals surface area contributed by atoms with Crippen LogP contribution < -0.4 is 10.1 Å². The van der Waals surface area contributed by atoms with E-state index < -0.39 is 0 Å². The molecule has 150 valence electrons. The lowest BCUT2D eigenvalue weighted by molar-refractivity contribution is 0.126. The smallest absolute Gasteiger partial charge is 0.322 e. The molecule has 5 nitrogen and oxygen atoms in total. The molecule has 1 fully saturated rings. The summed E-state index contributed by atoms with van der Waals surface area (Å²) in [6.07, 6.45) is 2.00. The first-order valence-electron chi connectivity index (χ1n) is 10.1. The fourth-order valence-electron chi connectivity index (χ4n) is 3.78. The van der Waals surface area contributed by atoms with Gasteiger partial charge in [0, 0.05) is 31.4 Å². The number of para-hydroxylation sites is 1. The lowest BCUT2D eigenvalue weighted by Crippen LogP contribution is -2.48. The van der Waals surface area contributed by atoms with E-state index >= 15 is 0 Å². The highest BCUT2D eigenvalue weighted by molar-refractivity contribution is 5.90. The summed E-state index contributed by atoms with van der Waals surface area (Å²) in [5.41, 5.74) is 3.02. The van der Waals surface area contributed by atoms with Crippen molar-refractivity contribution in [1.29, 1.82) is 0 Å². The number of urea groups is 1. The van der Waals surface area contributed by atoms with Gasteiger partial charge in [-0.15, -0.1) is 0 Å². The van der Waals surface area contributed by atoms with Crippen molar-refractivity contribution in [3.05, 3.63) is 59.7 Å². The summed E-state index contributed by atoms with van der Waals surface area (Å²) in [6.45, 7) is 7.92. The Morgan fingerprint density at radius 2 is 1.93 bits per heavy atom. The Morgan fingerprint density at radius 3 is 2.61 bits per heavy atom. The Bertz CT molecular complexity index is 785. The molecule has 0 unspecified atom stereocenters. The van der Waals surface area contributed by atoms with Gasteiger partial charge in [-0.05, 0) is 55.6 Å². The Labute approximate surface area is 168 Å². The van der Waals surface area contributed by atoms with Gasteiger partial charge >= 0.3 is 6.03 Å². The molecule has 2 aromatic rings. The standard InChI is InChI=1S/C23H31N3O2/c1-4-25-14-12-20(13-15-25)26(17-19-9-7-10-21(16-19)28-3)23(27)24-22-11-6-5-8-18(22)2/h5-11,16,20H,4,12-15,17H2,1-3H3,(H,24,27). The van der Waals surface area contributed by atoms with Gasteiger partial charge in [0.15, 0.2) is 0 Å². The second-order valence-electron chi connectivity index (χ2n) is 7.39. The number of methoxy groups -OCH3 is 1. The second-order valence-corrected chi connectivity index (χ2v) is 7.39. The average Bonchev–Trinajstić information content (AvgIpc) is 2.74. The van der Waals surface area contributed by atoms with Crippen LogP contribution in [-0.4, -0.2) is 48.6 Å². The molecule has 0 atom stereocenters. The SMILES string of the molecule is CCN1CCC(N(Cc2cccc(OC)c2)C(=O)Nc2ccccc2C)CC1. The fourth-order valence-corrected chi connectivity index (χ4v) is 3.78. The highest BCUT2D eigenvalue weighted by atomic mass is 16.5. The van der Waals surface area contributed by atoms with Gasteiger partial charge < -0.3 is 19.9 Å². The number of anilines is 1. The Morgan fingerprint density at radius 1 is 1.18 bits per heavy atom. The summed E-state index contributed by atoms with van der Waals surface area (Å²) in [4.78, 5) is 17.7. The van der Waals surface area contributed by atoms with Crippen LogP contribution in [0.15, 0.2) is 48.5 Å². The number of amides is 2. The minimum Gasteiger partial charge on any atom is -0.497 e. The minimum absolute atomic E-state index is 0.0351. The molecule has 0 radical (unpaired) electrons. The van der Waals surface area contributed by atoms with Crippen molar-refractivity contribution in [2.24, 2.45) is 0 Å². The number of piperidine rings is 1. The number of benzene rings is 2. The maximum Gasteiger partial charge on any atom is 0.322 e. The Kier molecular flexibility index (Phi) is 6.93. The normalized spacial score (nSPS) is 15.2.